The number of benzene rings is 1. The molecule has 4 rings (SSSR count). The Morgan fingerprint density at radius 2 is 2.07 bits per heavy atom. The van der Waals surface area contributed by atoms with Crippen LogP contribution in [-0.4, -0.2) is 34.9 Å². The van der Waals surface area contributed by atoms with Crippen LogP contribution in [-0.2, 0) is 11.3 Å². The second-order valence-corrected chi connectivity index (χ2v) is 7.74. The largest absolute Gasteiger partial charge is 0.352 e. The zero-order valence-electron chi connectivity index (χ0n) is 14.8. The highest BCUT2D eigenvalue weighted by Crippen LogP contribution is 2.58. The van der Waals surface area contributed by atoms with E-state index in [0.717, 1.165) is 18.4 Å². The highest BCUT2D eigenvalue weighted by atomic mass is 35.5. The molecule has 1 aliphatic carbocycles. The van der Waals surface area contributed by atoms with E-state index in [1.54, 1.807) is 41.6 Å². The number of nitrogens with one attached hydrogen (secondary N) is 2. The van der Waals surface area contributed by atoms with Crippen molar-refractivity contribution in [3.05, 3.63) is 59.4 Å². The quantitative estimate of drug-likeness (QED) is 0.849. The van der Waals surface area contributed by atoms with Crippen molar-refractivity contribution >= 4 is 29.2 Å². The van der Waals surface area contributed by atoms with E-state index >= 15 is 0 Å². The van der Waals surface area contributed by atoms with Crippen molar-refractivity contribution in [2.45, 2.75) is 19.4 Å². The summed E-state index contributed by atoms with van der Waals surface area (Å²) >= 11 is 5.87. The number of likely N-dealkylation sites (tertiary alicyclic amines) is 1. The van der Waals surface area contributed by atoms with Gasteiger partial charge in [-0.05, 0) is 48.7 Å². The lowest BCUT2D eigenvalue weighted by Gasteiger charge is -2.17. The number of aromatic nitrogens is 1. The molecule has 1 saturated heterocycles. The second-order valence-electron chi connectivity index (χ2n) is 7.31. The third kappa shape index (κ3) is 3.90. The van der Waals surface area contributed by atoms with Gasteiger partial charge in [0, 0.05) is 54.1 Å². The number of anilines is 1. The molecule has 2 N–H and O–H groups in total. The normalized spacial score (nSPS) is 23.3. The summed E-state index contributed by atoms with van der Waals surface area (Å²) in [6.07, 6.45) is 5.17. The minimum Gasteiger partial charge on any atom is -0.352 e. The first-order valence-corrected chi connectivity index (χ1v) is 9.42. The lowest BCUT2D eigenvalue weighted by molar-refractivity contribution is -0.123. The number of hydrogen-bond donors (Lipinski definition) is 2. The molecule has 1 spiro atoms. The van der Waals surface area contributed by atoms with Crippen molar-refractivity contribution in [1.82, 2.24) is 15.2 Å². The third-order valence-electron chi connectivity index (χ3n) is 5.46. The van der Waals surface area contributed by atoms with E-state index in [2.05, 4.69) is 15.6 Å². The van der Waals surface area contributed by atoms with Gasteiger partial charge in [-0.25, -0.2) is 4.79 Å². The Morgan fingerprint density at radius 1 is 1.26 bits per heavy atom. The molecule has 2 atom stereocenters. The molecule has 2 heterocycles. The minimum atomic E-state index is -0.129. The van der Waals surface area contributed by atoms with Gasteiger partial charge in [0.05, 0.1) is 0 Å². The number of carbonyl (C=O) groups is 2. The molecule has 1 aromatic carbocycles. The van der Waals surface area contributed by atoms with Crippen molar-refractivity contribution < 1.29 is 9.59 Å². The summed E-state index contributed by atoms with van der Waals surface area (Å²) in [5.41, 5.74) is 1.64. The van der Waals surface area contributed by atoms with E-state index in [-0.39, 0.29) is 23.3 Å². The van der Waals surface area contributed by atoms with Crippen LogP contribution >= 0.6 is 11.6 Å². The topological polar surface area (TPSA) is 74.3 Å². The summed E-state index contributed by atoms with van der Waals surface area (Å²) in [6.45, 7) is 1.78. The van der Waals surface area contributed by atoms with Crippen molar-refractivity contribution in [1.29, 1.82) is 0 Å². The number of pyridine rings is 1. The van der Waals surface area contributed by atoms with Gasteiger partial charge in [-0.1, -0.05) is 17.7 Å². The molecule has 1 aromatic heterocycles. The first-order valence-electron chi connectivity index (χ1n) is 9.04. The number of hydrogen-bond acceptors (Lipinski definition) is 3. The fraction of sp³-hybridized carbons (Fsp3) is 0.350. The zero-order chi connectivity index (χ0) is 18.9. The fourth-order valence-electron chi connectivity index (χ4n) is 3.79. The van der Waals surface area contributed by atoms with Crippen LogP contribution in [0.2, 0.25) is 5.02 Å². The van der Waals surface area contributed by atoms with E-state index in [1.165, 1.54) is 0 Å². The van der Waals surface area contributed by atoms with E-state index in [1.807, 2.05) is 12.1 Å². The Morgan fingerprint density at radius 3 is 2.81 bits per heavy atom. The van der Waals surface area contributed by atoms with Crippen LogP contribution < -0.4 is 10.6 Å². The SMILES string of the molecule is O=C(NCc1cccnc1)C1CC12CCN(C(=O)Nc1ccc(Cl)cc1)C2. The van der Waals surface area contributed by atoms with Crippen LogP contribution in [0, 0.1) is 11.3 Å². The van der Waals surface area contributed by atoms with Gasteiger partial charge >= 0.3 is 6.03 Å². The Bertz CT molecular complexity index is 843. The number of nitrogens with zero attached hydrogens (tertiary/aromatic N) is 2. The highest BCUT2D eigenvalue weighted by Gasteiger charge is 2.61. The molecule has 27 heavy (non-hydrogen) atoms. The zero-order valence-corrected chi connectivity index (χ0v) is 15.6. The Kier molecular flexibility index (Phi) is 4.74. The van der Waals surface area contributed by atoms with Gasteiger partial charge < -0.3 is 15.5 Å². The summed E-state index contributed by atoms with van der Waals surface area (Å²) in [6, 6.07) is 10.7. The van der Waals surface area contributed by atoms with Crippen molar-refractivity contribution in [2.24, 2.45) is 11.3 Å². The van der Waals surface area contributed by atoms with Crippen molar-refractivity contribution in [3.8, 4) is 0 Å². The van der Waals surface area contributed by atoms with Gasteiger partial charge in [0.25, 0.3) is 0 Å². The first kappa shape index (κ1) is 17.8. The smallest absolute Gasteiger partial charge is 0.321 e. The molecule has 140 valence electrons. The van der Waals surface area contributed by atoms with Gasteiger partial charge in [-0.15, -0.1) is 0 Å². The van der Waals surface area contributed by atoms with Gasteiger partial charge in [0.1, 0.15) is 0 Å². The lowest BCUT2D eigenvalue weighted by atomic mass is 10.0. The summed E-state index contributed by atoms with van der Waals surface area (Å²) < 4.78 is 0. The monoisotopic (exact) mass is 384 g/mol. The average molecular weight is 385 g/mol. The maximum Gasteiger partial charge on any atom is 0.321 e. The van der Waals surface area contributed by atoms with Gasteiger partial charge in [-0.2, -0.15) is 0 Å². The predicted octanol–water partition coefficient (Wildman–Crippen LogP) is 3.30. The molecule has 0 radical (unpaired) electrons. The highest BCUT2D eigenvalue weighted by molar-refractivity contribution is 6.30. The summed E-state index contributed by atoms with van der Waals surface area (Å²) in [7, 11) is 0. The Balaban J connectivity index is 1.28. The second kappa shape index (κ2) is 7.19. The third-order valence-corrected chi connectivity index (χ3v) is 5.72. The van der Waals surface area contributed by atoms with Crippen LogP contribution in [0.15, 0.2) is 48.8 Å². The number of halogens is 1. The van der Waals surface area contributed by atoms with Crippen LogP contribution in [0.1, 0.15) is 18.4 Å². The van der Waals surface area contributed by atoms with Gasteiger partial charge in [0.2, 0.25) is 5.91 Å². The van der Waals surface area contributed by atoms with E-state index in [0.29, 0.717) is 30.3 Å². The molecule has 1 saturated carbocycles. The maximum atomic E-state index is 12.5. The molecule has 6 nitrogen and oxygen atoms in total. The summed E-state index contributed by atoms with van der Waals surface area (Å²) in [5.74, 6) is 0.0568. The molecule has 1 aliphatic heterocycles. The molecular formula is C20H21ClN4O2. The number of carbonyl (C=O) groups excluding carboxylic acids is 2. The van der Waals surface area contributed by atoms with Crippen LogP contribution in [0.4, 0.5) is 10.5 Å². The average Bonchev–Trinajstić information content (AvgIpc) is 3.22. The molecule has 7 heteroatoms. The van der Waals surface area contributed by atoms with E-state index in [9.17, 15) is 9.59 Å². The fourth-order valence-corrected chi connectivity index (χ4v) is 3.92. The maximum absolute atomic E-state index is 12.5. The molecule has 2 unspecified atom stereocenters. The van der Waals surface area contributed by atoms with Crippen molar-refractivity contribution in [2.75, 3.05) is 18.4 Å². The number of urea groups is 1. The number of rotatable bonds is 4. The summed E-state index contributed by atoms with van der Waals surface area (Å²) in [4.78, 5) is 30.8. The minimum absolute atomic E-state index is 0.0116. The van der Waals surface area contributed by atoms with Crippen LogP contribution in [0.5, 0.6) is 0 Å². The van der Waals surface area contributed by atoms with E-state index in [4.69, 9.17) is 11.6 Å². The Labute approximate surface area is 162 Å². The molecule has 2 aromatic rings. The van der Waals surface area contributed by atoms with Crippen molar-refractivity contribution in [3.63, 3.8) is 0 Å². The van der Waals surface area contributed by atoms with Gasteiger partial charge in [0.15, 0.2) is 0 Å². The Hall–Kier alpha value is -2.60. The predicted molar refractivity (Wildman–Crippen MR) is 103 cm³/mol. The first-order chi connectivity index (χ1) is 13.1. The molecular weight excluding hydrogens is 364 g/mol. The molecule has 2 aliphatic rings. The summed E-state index contributed by atoms with van der Waals surface area (Å²) in [5, 5.41) is 6.51. The standard InChI is InChI=1S/C20H21ClN4O2/c21-15-3-5-16(6-4-15)24-19(27)25-9-7-20(13-25)10-17(20)18(26)23-12-14-2-1-8-22-11-14/h1-6,8,11,17H,7,9-10,12-13H2,(H,23,26)(H,24,27). The van der Waals surface area contributed by atoms with Crippen LogP contribution in [0.25, 0.3) is 0 Å². The molecule has 2 fully saturated rings. The molecule has 0 bridgehead atoms. The lowest BCUT2D eigenvalue weighted by Crippen LogP contribution is -2.34. The van der Waals surface area contributed by atoms with E-state index < -0.39 is 0 Å². The van der Waals surface area contributed by atoms with Crippen LogP contribution in [0.3, 0.4) is 0 Å². The molecule has 3 amide bonds. The number of amides is 3. The van der Waals surface area contributed by atoms with Gasteiger partial charge in [-0.3, -0.25) is 9.78 Å².